The number of anilines is 1. The zero-order chi connectivity index (χ0) is 18.6. The largest absolute Gasteiger partial charge is 0.492 e. The van der Waals surface area contributed by atoms with Crippen LogP contribution in [0.25, 0.3) is 10.9 Å². The SMILES string of the molecule is COc1c(N2CCCC(C)(O)C2)ccc2c(=O)n(N)c(=O)n(C3CC3)c12. The van der Waals surface area contributed by atoms with Crippen molar-refractivity contribution in [3.63, 3.8) is 0 Å². The molecule has 8 nitrogen and oxygen atoms in total. The lowest BCUT2D eigenvalue weighted by Crippen LogP contribution is -2.46. The Bertz CT molecular complexity index is 987. The third-order valence-corrected chi connectivity index (χ3v) is 5.34. The van der Waals surface area contributed by atoms with E-state index in [1.54, 1.807) is 10.6 Å². The zero-order valence-corrected chi connectivity index (χ0v) is 15.1. The zero-order valence-electron chi connectivity index (χ0n) is 15.1. The van der Waals surface area contributed by atoms with Crippen molar-refractivity contribution in [2.45, 2.75) is 44.2 Å². The summed E-state index contributed by atoms with van der Waals surface area (Å²) in [5, 5.41) is 10.8. The van der Waals surface area contributed by atoms with Gasteiger partial charge in [0.05, 0.1) is 23.8 Å². The van der Waals surface area contributed by atoms with Crippen LogP contribution in [0.5, 0.6) is 5.75 Å². The predicted molar refractivity (Wildman–Crippen MR) is 99.5 cm³/mol. The highest BCUT2D eigenvalue weighted by atomic mass is 16.5. The summed E-state index contributed by atoms with van der Waals surface area (Å²) >= 11 is 0. The summed E-state index contributed by atoms with van der Waals surface area (Å²) < 4.78 is 7.93. The molecule has 1 aliphatic heterocycles. The molecule has 1 saturated carbocycles. The van der Waals surface area contributed by atoms with Crippen LogP contribution in [0, 0.1) is 0 Å². The fourth-order valence-electron chi connectivity index (χ4n) is 3.95. The topological polar surface area (TPSA) is 103 Å². The van der Waals surface area contributed by atoms with E-state index >= 15 is 0 Å². The summed E-state index contributed by atoms with van der Waals surface area (Å²) in [5.74, 6) is 6.20. The lowest BCUT2D eigenvalue weighted by molar-refractivity contribution is 0.0448. The molecule has 4 rings (SSSR count). The lowest BCUT2D eigenvalue weighted by atomic mass is 9.94. The van der Waals surface area contributed by atoms with Crippen molar-refractivity contribution in [2.24, 2.45) is 0 Å². The van der Waals surface area contributed by atoms with Gasteiger partial charge >= 0.3 is 5.69 Å². The number of nitrogens with two attached hydrogens (primary N) is 1. The molecule has 1 aromatic heterocycles. The van der Waals surface area contributed by atoms with Crippen LogP contribution in [0.2, 0.25) is 0 Å². The number of fused-ring (bicyclic) bond motifs is 1. The van der Waals surface area contributed by atoms with Gasteiger partial charge in [0.1, 0.15) is 5.52 Å². The van der Waals surface area contributed by atoms with Crippen LogP contribution in [-0.2, 0) is 0 Å². The molecule has 0 bridgehead atoms. The molecule has 1 atom stereocenters. The van der Waals surface area contributed by atoms with Gasteiger partial charge in [0.25, 0.3) is 5.56 Å². The summed E-state index contributed by atoms with van der Waals surface area (Å²) in [7, 11) is 1.54. The van der Waals surface area contributed by atoms with Gasteiger partial charge in [0.2, 0.25) is 0 Å². The number of hydrogen-bond acceptors (Lipinski definition) is 6. The number of aliphatic hydroxyl groups is 1. The molecule has 1 aliphatic carbocycles. The number of β-amino-alcohol motifs (C(OH)–C–C–N with tert-alkyl or cyclic N) is 1. The second-order valence-corrected chi connectivity index (χ2v) is 7.60. The number of aromatic nitrogens is 2. The number of ether oxygens (including phenoxy) is 1. The average molecular weight is 360 g/mol. The van der Waals surface area contributed by atoms with E-state index in [0.717, 1.165) is 37.9 Å². The molecule has 1 unspecified atom stereocenters. The van der Waals surface area contributed by atoms with Gasteiger partial charge in [-0.1, -0.05) is 0 Å². The predicted octanol–water partition coefficient (Wildman–Crippen LogP) is 0.572. The Morgan fingerprint density at radius 1 is 1.31 bits per heavy atom. The van der Waals surface area contributed by atoms with E-state index in [1.165, 1.54) is 7.11 Å². The van der Waals surface area contributed by atoms with Gasteiger partial charge in [-0.3, -0.25) is 9.36 Å². The third kappa shape index (κ3) is 2.56. The molecule has 140 valence electrons. The average Bonchev–Trinajstić information content (AvgIpc) is 3.43. The number of benzene rings is 1. The third-order valence-electron chi connectivity index (χ3n) is 5.34. The molecular weight excluding hydrogens is 336 g/mol. The van der Waals surface area contributed by atoms with Gasteiger partial charge < -0.3 is 20.6 Å². The molecule has 1 aromatic carbocycles. The van der Waals surface area contributed by atoms with Gasteiger partial charge in [-0.05, 0) is 44.7 Å². The summed E-state index contributed by atoms with van der Waals surface area (Å²) in [6.45, 7) is 3.07. The Morgan fingerprint density at radius 2 is 2.04 bits per heavy atom. The molecule has 1 saturated heterocycles. The van der Waals surface area contributed by atoms with E-state index in [4.69, 9.17) is 10.6 Å². The Hall–Kier alpha value is -2.48. The normalized spacial score (nSPS) is 23.4. The van der Waals surface area contributed by atoms with Crippen molar-refractivity contribution < 1.29 is 9.84 Å². The first kappa shape index (κ1) is 17.0. The Labute approximate surface area is 150 Å². The fourth-order valence-corrected chi connectivity index (χ4v) is 3.95. The Morgan fingerprint density at radius 3 is 2.65 bits per heavy atom. The van der Waals surface area contributed by atoms with Crippen LogP contribution in [0.15, 0.2) is 21.7 Å². The minimum atomic E-state index is -0.783. The maximum absolute atomic E-state index is 12.6. The molecule has 0 radical (unpaired) electrons. The van der Waals surface area contributed by atoms with Gasteiger partial charge in [0, 0.05) is 19.1 Å². The minimum Gasteiger partial charge on any atom is -0.492 e. The molecule has 0 spiro atoms. The number of hydrogen-bond donors (Lipinski definition) is 2. The molecule has 2 heterocycles. The quantitative estimate of drug-likeness (QED) is 0.776. The summed E-state index contributed by atoms with van der Waals surface area (Å²) in [6, 6.07) is 3.54. The number of nitrogens with zero attached hydrogens (tertiary/aromatic N) is 3. The highest BCUT2D eigenvalue weighted by molar-refractivity contribution is 5.90. The van der Waals surface area contributed by atoms with E-state index < -0.39 is 16.9 Å². The van der Waals surface area contributed by atoms with E-state index in [9.17, 15) is 14.7 Å². The molecular formula is C18H24N4O4. The molecule has 26 heavy (non-hydrogen) atoms. The van der Waals surface area contributed by atoms with E-state index in [2.05, 4.69) is 4.90 Å². The molecule has 2 fully saturated rings. The number of rotatable bonds is 3. The van der Waals surface area contributed by atoms with Crippen molar-refractivity contribution in [1.82, 2.24) is 9.24 Å². The summed E-state index contributed by atoms with van der Waals surface area (Å²) in [5.41, 5.74) is -0.560. The second kappa shape index (κ2) is 5.77. The number of methoxy groups -OCH3 is 1. The highest BCUT2D eigenvalue weighted by Gasteiger charge is 2.33. The van der Waals surface area contributed by atoms with E-state index in [1.807, 2.05) is 13.0 Å². The molecule has 0 amide bonds. The van der Waals surface area contributed by atoms with Crippen LogP contribution in [0.3, 0.4) is 0 Å². The standard InChI is InChI=1S/C18H24N4O4/c1-18(25)8-3-9-20(10-18)13-7-6-12-14(15(13)26-2)21(11-4-5-11)17(24)22(19)16(12)23/h6-7,11,25H,3-5,8-10,19H2,1-2H3. The smallest absolute Gasteiger partial charge is 0.350 e. The van der Waals surface area contributed by atoms with Crippen LogP contribution in [-0.4, -0.2) is 40.2 Å². The van der Waals surface area contributed by atoms with Crippen molar-refractivity contribution in [3.05, 3.63) is 33.0 Å². The first-order valence-electron chi connectivity index (χ1n) is 8.95. The van der Waals surface area contributed by atoms with E-state index in [0.29, 0.717) is 27.9 Å². The van der Waals surface area contributed by atoms with Crippen molar-refractivity contribution in [1.29, 1.82) is 0 Å². The lowest BCUT2D eigenvalue weighted by Gasteiger charge is -2.39. The Kier molecular flexibility index (Phi) is 3.76. The summed E-state index contributed by atoms with van der Waals surface area (Å²) in [4.78, 5) is 27.2. The first-order chi connectivity index (χ1) is 12.3. The van der Waals surface area contributed by atoms with Crippen LogP contribution < -0.4 is 26.7 Å². The van der Waals surface area contributed by atoms with Gasteiger partial charge in [-0.15, -0.1) is 0 Å². The Balaban J connectivity index is 2.00. The maximum Gasteiger partial charge on any atom is 0.350 e. The van der Waals surface area contributed by atoms with Crippen LogP contribution in [0.4, 0.5) is 5.69 Å². The van der Waals surface area contributed by atoms with Crippen molar-refractivity contribution >= 4 is 16.6 Å². The number of piperidine rings is 1. The molecule has 8 heteroatoms. The first-order valence-corrected chi connectivity index (χ1v) is 8.95. The van der Waals surface area contributed by atoms with E-state index in [-0.39, 0.29) is 6.04 Å². The summed E-state index contributed by atoms with van der Waals surface area (Å²) in [6.07, 6.45) is 3.34. The molecule has 2 aliphatic rings. The second-order valence-electron chi connectivity index (χ2n) is 7.60. The van der Waals surface area contributed by atoms with Crippen LogP contribution in [0.1, 0.15) is 38.6 Å². The van der Waals surface area contributed by atoms with Crippen LogP contribution >= 0.6 is 0 Å². The monoisotopic (exact) mass is 360 g/mol. The maximum atomic E-state index is 12.6. The minimum absolute atomic E-state index is 0.0361. The molecule has 3 N–H and O–H groups in total. The van der Waals surface area contributed by atoms with Gasteiger partial charge in [0.15, 0.2) is 5.75 Å². The fraction of sp³-hybridized carbons (Fsp3) is 0.556. The van der Waals surface area contributed by atoms with Crippen molar-refractivity contribution in [3.8, 4) is 5.75 Å². The van der Waals surface area contributed by atoms with Gasteiger partial charge in [-0.2, -0.15) is 4.68 Å². The van der Waals surface area contributed by atoms with Crippen molar-refractivity contribution in [2.75, 3.05) is 30.9 Å². The molecule has 2 aromatic rings. The highest BCUT2D eigenvalue weighted by Crippen LogP contribution is 2.41. The van der Waals surface area contributed by atoms with Gasteiger partial charge in [-0.25, -0.2) is 4.79 Å². The number of nitrogen functional groups attached to an aromatic ring is 1.